The molecule has 0 heterocycles. The van der Waals surface area contributed by atoms with E-state index in [-0.39, 0.29) is 35.2 Å². The number of esters is 1. The Bertz CT molecular complexity index is 789. The second kappa shape index (κ2) is 7.46. The van der Waals surface area contributed by atoms with Crippen molar-refractivity contribution >= 4 is 21.7 Å². The van der Waals surface area contributed by atoms with Gasteiger partial charge in [-0.05, 0) is 38.7 Å². The lowest BCUT2D eigenvalue weighted by atomic mass is 10.1. The Hall–Kier alpha value is -2.04. The normalized spacial score (nSPS) is 15.6. The van der Waals surface area contributed by atoms with Crippen molar-refractivity contribution in [2.75, 3.05) is 13.2 Å². The van der Waals surface area contributed by atoms with Crippen LogP contribution in [0.3, 0.4) is 0 Å². The first-order valence-electron chi connectivity index (χ1n) is 7.88. The minimum atomic E-state index is -4.05. The van der Waals surface area contributed by atoms with E-state index in [1.165, 1.54) is 6.92 Å². The van der Waals surface area contributed by atoms with Crippen LogP contribution in [-0.2, 0) is 14.8 Å². The average molecular weight is 371 g/mol. The van der Waals surface area contributed by atoms with Crippen LogP contribution in [0.5, 0.6) is 0 Å². The third-order valence-corrected chi connectivity index (χ3v) is 5.50. The molecule has 0 spiro atoms. The summed E-state index contributed by atoms with van der Waals surface area (Å²) in [6.07, 6.45) is 1.93. The highest BCUT2D eigenvalue weighted by atomic mass is 32.2. The van der Waals surface area contributed by atoms with Crippen molar-refractivity contribution in [3.63, 3.8) is 0 Å². The Labute approximate surface area is 145 Å². The SMILES string of the molecule is CCOC(=O)c1cc(S(=O)(=O)NCC(N)C2CC2)cc([N+](=O)[O-])c1C. The van der Waals surface area contributed by atoms with Crippen molar-refractivity contribution in [2.45, 2.75) is 37.6 Å². The lowest BCUT2D eigenvalue weighted by Crippen LogP contribution is -2.38. The fourth-order valence-electron chi connectivity index (χ4n) is 2.42. The number of nitrogens with zero attached hydrogens (tertiary/aromatic N) is 1. The highest BCUT2D eigenvalue weighted by molar-refractivity contribution is 7.89. The highest BCUT2D eigenvalue weighted by Crippen LogP contribution is 2.31. The number of hydrogen-bond donors (Lipinski definition) is 2. The summed E-state index contributed by atoms with van der Waals surface area (Å²) in [6.45, 7) is 3.06. The maximum absolute atomic E-state index is 12.5. The van der Waals surface area contributed by atoms with E-state index in [2.05, 4.69) is 4.72 Å². The zero-order chi connectivity index (χ0) is 18.8. The standard InChI is InChI=1S/C15H21N3O6S/c1-3-24-15(19)12-6-11(7-14(9(12)2)18(20)21)25(22,23)17-8-13(16)10-4-5-10/h6-7,10,13,17H,3-5,8,16H2,1-2H3. The second-order valence-corrected chi connectivity index (χ2v) is 7.71. The van der Waals surface area contributed by atoms with Gasteiger partial charge in [-0.25, -0.2) is 17.9 Å². The van der Waals surface area contributed by atoms with Crippen molar-refractivity contribution in [3.8, 4) is 0 Å². The van der Waals surface area contributed by atoms with Crippen LogP contribution in [0.4, 0.5) is 5.69 Å². The molecule has 0 amide bonds. The van der Waals surface area contributed by atoms with Crippen LogP contribution in [0.2, 0.25) is 0 Å². The van der Waals surface area contributed by atoms with E-state index in [4.69, 9.17) is 10.5 Å². The maximum Gasteiger partial charge on any atom is 0.338 e. The first kappa shape index (κ1) is 19.3. The summed E-state index contributed by atoms with van der Waals surface area (Å²) >= 11 is 0. The van der Waals surface area contributed by atoms with Gasteiger partial charge in [0.05, 0.1) is 22.0 Å². The molecule has 1 aromatic carbocycles. The van der Waals surface area contributed by atoms with Gasteiger partial charge in [0.2, 0.25) is 10.0 Å². The fourth-order valence-corrected chi connectivity index (χ4v) is 3.54. The van der Waals surface area contributed by atoms with Crippen LogP contribution in [-0.4, -0.2) is 38.5 Å². The number of sulfonamides is 1. The third-order valence-electron chi connectivity index (χ3n) is 4.09. The zero-order valence-electron chi connectivity index (χ0n) is 14.0. The quantitative estimate of drug-likeness (QED) is 0.396. The summed E-state index contributed by atoms with van der Waals surface area (Å²) in [5, 5.41) is 11.2. The van der Waals surface area contributed by atoms with Gasteiger partial charge < -0.3 is 10.5 Å². The van der Waals surface area contributed by atoms with Gasteiger partial charge in [-0.15, -0.1) is 0 Å². The van der Waals surface area contributed by atoms with E-state index in [0.717, 1.165) is 25.0 Å². The van der Waals surface area contributed by atoms with E-state index < -0.39 is 26.6 Å². The molecular formula is C15H21N3O6S. The van der Waals surface area contributed by atoms with Crippen LogP contribution in [0.1, 0.15) is 35.7 Å². The average Bonchev–Trinajstić information content (AvgIpc) is 3.37. The number of carbonyl (C=O) groups is 1. The van der Waals surface area contributed by atoms with E-state index >= 15 is 0 Å². The van der Waals surface area contributed by atoms with Gasteiger partial charge in [0.25, 0.3) is 5.69 Å². The first-order valence-corrected chi connectivity index (χ1v) is 9.37. The maximum atomic E-state index is 12.5. The lowest BCUT2D eigenvalue weighted by Gasteiger charge is -2.13. The minimum absolute atomic E-state index is 0.0312. The molecule has 3 N–H and O–H groups in total. The topological polar surface area (TPSA) is 142 Å². The first-order chi connectivity index (χ1) is 11.7. The third kappa shape index (κ3) is 4.53. The van der Waals surface area contributed by atoms with Crippen molar-refractivity contribution in [1.29, 1.82) is 0 Å². The minimum Gasteiger partial charge on any atom is -0.462 e. The Morgan fingerprint density at radius 3 is 2.64 bits per heavy atom. The molecule has 0 bridgehead atoms. The number of benzene rings is 1. The van der Waals surface area contributed by atoms with Crippen LogP contribution < -0.4 is 10.5 Å². The lowest BCUT2D eigenvalue weighted by molar-refractivity contribution is -0.385. The summed E-state index contributed by atoms with van der Waals surface area (Å²) in [5.74, 6) is -0.514. The number of rotatable bonds is 8. The number of nitrogens with one attached hydrogen (secondary N) is 1. The van der Waals surface area contributed by atoms with Gasteiger partial charge in [-0.2, -0.15) is 0 Å². The number of nitrogens with two attached hydrogens (primary N) is 1. The molecule has 0 aromatic heterocycles. The van der Waals surface area contributed by atoms with Crippen LogP contribution >= 0.6 is 0 Å². The van der Waals surface area contributed by atoms with E-state index in [1.807, 2.05) is 0 Å². The molecule has 1 aliphatic carbocycles. The van der Waals surface area contributed by atoms with Gasteiger partial charge >= 0.3 is 5.97 Å². The predicted molar refractivity (Wildman–Crippen MR) is 89.7 cm³/mol. The predicted octanol–water partition coefficient (Wildman–Crippen LogP) is 1.10. The molecule has 0 aliphatic heterocycles. The van der Waals surface area contributed by atoms with Gasteiger partial charge in [-0.3, -0.25) is 10.1 Å². The van der Waals surface area contributed by atoms with E-state index in [0.29, 0.717) is 5.92 Å². The molecule has 1 saturated carbocycles. The summed E-state index contributed by atoms with van der Waals surface area (Å²) in [4.78, 5) is 22.1. The highest BCUT2D eigenvalue weighted by Gasteiger charge is 2.30. The summed E-state index contributed by atoms with van der Waals surface area (Å²) in [7, 11) is -4.05. The summed E-state index contributed by atoms with van der Waals surface area (Å²) < 4.78 is 32.1. The largest absolute Gasteiger partial charge is 0.462 e. The number of hydrogen-bond acceptors (Lipinski definition) is 7. The zero-order valence-corrected chi connectivity index (χ0v) is 14.8. The molecule has 2 rings (SSSR count). The van der Waals surface area contributed by atoms with Crippen molar-refractivity contribution in [2.24, 2.45) is 11.7 Å². The molecule has 1 fully saturated rings. The van der Waals surface area contributed by atoms with Crippen LogP contribution in [0.25, 0.3) is 0 Å². The van der Waals surface area contributed by atoms with Crippen LogP contribution in [0, 0.1) is 23.0 Å². The van der Waals surface area contributed by atoms with Crippen LogP contribution in [0.15, 0.2) is 17.0 Å². The molecule has 25 heavy (non-hydrogen) atoms. The smallest absolute Gasteiger partial charge is 0.338 e. The Kier molecular flexibility index (Phi) is 5.76. The Morgan fingerprint density at radius 2 is 2.12 bits per heavy atom. The molecule has 138 valence electrons. The van der Waals surface area contributed by atoms with Crippen molar-refractivity contribution in [1.82, 2.24) is 4.72 Å². The van der Waals surface area contributed by atoms with Crippen molar-refractivity contribution < 1.29 is 22.9 Å². The molecular weight excluding hydrogens is 350 g/mol. The number of carbonyl (C=O) groups excluding carboxylic acids is 1. The molecule has 1 unspecified atom stereocenters. The van der Waals surface area contributed by atoms with Gasteiger partial charge in [0.15, 0.2) is 0 Å². The Balaban J connectivity index is 2.37. The molecule has 0 radical (unpaired) electrons. The molecule has 10 heteroatoms. The molecule has 1 atom stereocenters. The number of nitro groups is 1. The van der Waals surface area contributed by atoms with E-state index in [9.17, 15) is 23.3 Å². The van der Waals surface area contributed by atoms with Gasteiger partial charge in [0, 0.05) is 24.2 Å². The van der Waals surface area contributed by atoms with E-state index in [1.54, 1.807) is 6.92 Å². The second-order valence-electron chi connectivity index (χ2n) is 5.95. The number of ether oxygens (including phenoxy) is 1. The van der Waals surface area contributed by atoms with Crippen molar-refractivity contribution in [3.05, 3.63) is 33.4 Å². The monoisotopic (exact) mass is 371 g/mol. The summed E-state index contributed by atoms with van der Waals surface area (Å²) in [6, 6.07) is 1.72. The summed E-state index contributed by atoms with van der Waals surface area (Å²) in [5.41, 5.74) is 5.32. The fraction of sp³-hybridized carbons (Fsp3) is 0.533. The Morgan fingerprint density at radius 1 is 1.48 bits per heavy atom. The molecule has 1 aliphatic rings. The molecule has 1 aromatic rings. The van der Waals surface area contributed by atoms with Gasteiger partial charge in [-0.1, -0.05) is 0 Å². The molecule has 9 nitrogen and oxygen atoms in total. The van der Waals surface area contributed by atoms with Gasteiger partial charge in [0.1, 0.15) is 0 Å². The molecule has 0 saturated heterocycles. The number of nitro benzene ring substituents is 1.